The quantitative estimate of drug-likeness (QED) is 0.808. The van der Waals surface area contributed by atoms with Crippen molar-refractivity contribution < 1.29 is 29.3 Å². The lowest BCUT2D eigenvalue weighted by molar-refractivity contribution is -0.151. The second-order valence-corrected chi connectivity index (χ2v) is 5.59. The Hall–Kier alpha value is -2.50. The van der Waals surface area contributed by atoms with Crippen LogP contribution in [0.2, 0.25) is 0 Å². The molecule has 1 unspecified atom stereocenters. The zero-order chi connectivity index (χ0) is 16.5. The van der Waals surface area contributed by atoms with Gasteiger partial charge in [0.2, 0.25) is 0 Å². The molecule has 0 radical (unpaired) electrons. The van der Waals surface area contributed by atoms with Gasteiger partial charge in [0.05, 0.1) is 13.5 Å². The number of carbonyl (C=O) groups is 2. The minimum absolute atomic E-state index is 0.0337. The van der Waals surface area contributed by atoms with Gasteiger partial charge in [-0.15, -0.1) is 0 Å². The molecule has 2 rings (SSSR count). The zero-order valence-electron chi connectivity index (χ0n) is 12.7. The molecule has 1 aromatic carbocycles. The van der Waals surface area contributed by atoms with Crippen LogP contribution in [0, 0.1) is 6.92 Å². The minimum Gasteiger partial charge on any atom is -0.504 e. The van der Waals surface area contributed by atoms with E-state index < -0.39 is 17.5 Å². The normalized spacial score (nSPS) is 20.5. The monoisotopic (exact) mass is 306 g/mol. The van der Waals surface area contributed by atoms with Gasteiger partial charge in [0.1, 0.15) is 5.60 Å². The SMILES string of the molecule is COc1cc(C)cc(CC2=CC(C)(CC(=O)O)OC2=O)c1O. The number of ether oxygens (including phenoxy) is 2. The molecule has 0 bridgehead atoms. The Morgan fingerprint density at radius 2 is 2.09 bits per heavy atom. The highest BCUT2D eigenvalue weighted by Gasteiger charge is 2.38. The van der Waals surface area contributed by atoms with E-state index in [-0.39, 0.29) is 18.6 Å². The number of esters is 1. The van der Waals surface area contributed by atoms with Crippen molar-refractivity contribution in [3.63, 3.8) is 0 Å². The number of cyclic esters (lactones) is 1. The summed E-state index contributed by atoms with van der Waals surface area (Å²) in [5.74, 6) is -1.32. The maximum atomic E-state index is 11.9. The number of carboxylic acids is 1. The first-order valence-electron chi connectivity index (χ1n) is 6.77. The Kier molecular flexibility index (Phi) is 4.12. The number of aromatic hydroxyl groups is 1. The van der Waals surface area contributed by atoms with E-state index in [0.29, 0.717) is 16.9 Å². The summed E-state index contributed by atoms with van der Waals surface area (Å²) < 4.78 is 10.2. The fraction of sp³-hybridized carbons (Fsp3) is 0.375. The summed E-state index contributed by atoms with van der Waals surface area (Å²) in [6.07, 6.45) is 1.36. The third-order valence-corrected chi connectivity index (χ3v) is 3.47. The molecule has 2 N–H and O–H groups in total. The molecular formula is C16H18O6. The largest absolute Gasteiger partial charge is 0.504 e. The van der Waals surface area contributed by atoms with Crippen molar-refractivity contribution in [3.8, 4) is 11.5 Å². The van der Waals surface area contributed by atoms with Crippen LogP contribution in [0.25, 0.3) is 0 Å². The predicted molar refractivity (Wildman–Crippen MR) is 77.9 cm³/mol. The Balaban J connectivity index is 2.31. The van der Waals surface area contributed by atoms with E-state index in [4.69, 9.17) is 14.6 Å². The number of aryl methyl sites for hydroxylation is 1. The smallest absolute Gasteiger partial charge is 0.335 e. The summed E-state index contributed by atoms with van der Waals surface area (Å²) in [5.41, 5.74) is 0.582. The molecule has 1 aromatic rings. The number of aliphatic carboxylic acids is 1. The molecule has 1 heterocycles. The van der Waals surface area contributed by atoms with Crippen LogP contribution in [-0.2, 0) is 20.7 Å². The molecule has 22 heavy (non-hydrogen) atoms. The molecular weight excluding hydrogens is 288 g/mol. The molecule has 0 fully saturated rings. The molecule has 0 aromatic heterocycles. The van der Waals surface area contributed by atoms with E-state index in [2.05, 4.69) is 0 Å². The molecule has 0 spiro atoms. The average Bonchev–Trinajstić information content (AvgIpc) is 2.66. The lowest BCUT2D eigenvalue weighted by Crippen LogP contribution is -2.27. The average molecular weight is 306 g/mol. The van der Waals surface area contributed by atoms with E-state index in [1.165, 1.54) is 13.2 Å². The van der Waals surface area contributed by atoms with Crippen LogP contribution in [0.5, 0.6) is 11.5 Å². The number of phenols is 1. The molecule has 0 aliphatic carbocycles. The van der Waals surface area contributed by atoms with Gasteiger partial charge < -0.3 is 19.7 Å². The van der Waals surface area contributed by atoms with E-state index in [1.807, 2.05) is 6.92 Å². The summed E-state index contributed by atoms with van der Waals surface area (Å²) in [6.45, 7) is 3.39. The van der Waals surface area contributed by atoms with Gasteiger partial charge in [-0.25, -0.2) is 4.79 Å². The van der Waals surface area contributed by atoms with Crippen LogP contribution in [0.4, 0.5) is 0 Å². The van der Waals surface area contributed by atoms with Gasteiger partial charge >= 0.3 is 11.9 Å². The van der Waals surface area contributed by atoms with Crippen molar-refractivity contribution in [3.05, 3.63) is 34.9 Å². The molecule has 6 nitrogen and oxygen atoms in total. The second kappa shape index (κ2) is 5.71. The van der Waals surface area contributed by atoms with Gasteiger partial charge in [0.15, 0.2) is 11.5 Å². The first kappa shape index (κ1) is 15.9. The van der Waals surface area contributed by atoms with Gasteiger partial charge in [-0.3, -0.25) is 4.79 Å². The van der Waals surface area contributed by atoms with Crippen molar-refractivity contribution in [1.82, 2.24) is 0 Å². The van der Waals surface area contributed by atoms with Gasteiger partial charge in [0, 0.05) is 17.6 Å². The molecule has 0 amide bonds. The van der Waals surface area contributed by atoms with Gasteiger partial charge in [-0.05, 0) is 31.6 Å². The maximum absolute atomic E-state index is 11.9. The van der Waals surface area contributed by atoms with E-state index >= 15 is 0 Å². The molecule has 1 atom stereocenters. The van der Waals surface area contributed by atoms with Gasteiger partial charge in [-0.2, -0.15) is 0 Å². The van der Waals surface area contributed by atoms with Crippen LogP contribution in [0.15, 0.2) is 23.8 Å². The number of hydrogen-bond donors (Lipinski definition) is 2. The van der Waals surface area contributed by atoms with E-state index in [0.717, 1.165) is 5.56 Å². The van der Waals surface area contributed by atoms with E-state index in [1.54, 1.807) is 19.1 Å². The van der Waals surface area contributed by atoms with Crippen molar-refractivity contribution in [2.45, 2.75) is 32.3 Å². The molecule has 1 aliphatic rings. The summed E-state index contributed by atoms with van der Waals surface area (Å²) >= 11 is 0. The number of carboxylic acid groups (broad SMARTS) is 1. The standard InChI is InChI=1S/C16H18O6/c1-9-4-10(14(19)12(5-9)21-3)6-11-7-16(2,8-13(17)18)22-15(11)20/h4-5,7,19H,6,8H2,1-3H3,(H,17,18). The third-order valence-electron chi connectivity index (χ3n) is 3.47. The lowest BCUT2D eigenvalue weighted by atomic mass is 9.97. The topological polar surface area (TPSA) is 93.1 Å². The zero-order valence-corrected chi connectivity index (χ0v) is 12.7. The van der Waals surface area contributed by atoms with Gasteiger partial charge in [0.25, 0.3) is 0 Å². The number of hydrogen-bond acceptors (Lipinski definition) is 5. The van der Waals surface area contributed by atoms with E-state index in [9.17, 15) is 14.7 Å². The van der Waals surface area contributed by atoms with Gasteiger partial charge in [-0.1, -0.05) is 6.07 Å². The van der Waals surface area contributed by atoms with Crippen LogP contribution in [0.1, 0.15) is 24.5 Å². The number of rotatable bonds is 5. The molecule has 6 heteroatoms. The van der Waals surface area contributed by atoms with Crippen LogP contribution < -0.4 is 4.74 Å². The van der Waals surface area contributed by atoms with Crippen molar-refractivity contribution >= 4 is 11.9 Å². The first-order chi connectivity index (χ1) is 10.2. The number of benzene rings is 1. The summed E-state index contributed by atoms with van der Waals surface area (Å²) in [7, 11) is 1.45. The molecule has 1 aliphatic heterocycles. The highest BCUT2D eigenvalue weighted by Crippen LogP contribution is 2.35. The number of phenolic OH excluding ortho intramolecular Hbond substituents is 1. The maximum Gasteiger partial charge on any atom is 0.335 e. The number of carbonyl (C=O) groups excluding carboxylic acids is 1. The number of methoxy groups -OCH3 is 1. The fourth-order valence-electron chi connectivity index (χ4n) is 2.56. The molecule has 0 saturated heterocycles. The fourth-order valence-corrected chi connectivity index (χ4v) is 2.56. The predicted octanol–water partition coefficient (Wildman–Crippen LogP) is 1.97. The Bertz CT molecular complexity index is 661. The Morgan fingerprint density at radius 3 is 2.68 bits per heavy atom. The lowest BCUT2D eigenvalue weighted by Gasteiger charge is -2.17. The van der Waals surface area contributed by atoms with Crippen LogP contribution in [-0.4, -0.2) is 34.9 Å². The van der Waals surface area contributed by atoms with Crippen LogP contribution in [0.3, 0.4) is 0 Å². The molecule has 0 saturated carbocycles. The highest BCUT2D eigenvalue weighted by molar-refractivity contribution is 5.92. The second-order valence-electron chi connectivity index (χ2n) is 5.59. The van der Waals surface area contributed by atoms with Crippen molar-refractivity contribution in [1.29, 1.82) is 0 Å². The Morgan fingerprint density at radius 1 is 1.41 bits per heavy atom. The van der Waals surface area contributed by atoms with Crippen LogP contribution >= 0.6 is 0 Å². The first-order valence-corrected chi connectivity index (χ1v) is 6.77. The summed E-state index contributed by atoms with van der Waals surface area (Å²) in [5, 5.41) is 19.0. The molecule has 118 valence electrons. The minimum atomic E-state index is -1.15. The van der Waals surface area contributed by atoms with Crippen molar-refractivity contribution in [2.24, 2.45) is 0 Å². The summed E-state index contributed by atoms with van der Waals surface area (Å²) in [6, 6.07) is 3.44. The highest BCUT2D eigenvalue weighted by atomic mass is 16.6. The van der Waals surface area contributed by atoms with Crippen molar-refractivity contribution in [2.75, 3.05) is 7.11 Å². The summed E-state index contributed by atoms with van der Waals surface area (Å²) in [4.78, 5) is 22.8. The third kappa shape index (κ3) is 3.21. The Labute approximate surface area is 128 Å².